The second-order valence-electron chi connectivity index (χ2n) is 6.69. The monoisotopic (exact) mass is 340 g/mol. The van der Waals surface area contributed by atoms with Gasteiger partial charge in [0, 0.05) is 5.82 Å². The summed E-state index contributed by atoms with van der Waals surface area (Å²) in [7, 11) is 0.659. The Morgan fingerprint density at radius 2 is 1.87 bits per heavy atom. The van der Waals surface area contributed by atoms with E-state index in [0.717, 1.165) is 0 Å². The number of carbonyl (C=O) groups excluding carboxylic acids is 1. The average molecular weight is 341 g/mol. The molecular weight excluding hydrogens is 318 g/mol. The maximum atomic E-state index is 11.8. The Morgan fingerprint density at radius 3 is 2.39 bits per heavy atom. The van der Waals surface area contributed by atoms with Crippen molar-refractivity contribution in [2.24, 2.45) is 0 Å². The number of aromatic hydroxyl groups is 1. The van der Waals surface area contributed by atoms with Crippen molar-refractivity contribution in [1.82, 2.24) is 0 Å². The molecule has 126 valence electrons. The predicted molar refractivity (Wildman–Crippen MR) is 88.6 cm³/mol. The Hall–Kier alpha value is -1.24. The number of benzene rings is 1. The van der Waals surface area contributed by atoms with E-state index in [1.807, 2.05) is 27.7 Å². The van der Waals surface area contributed by atoms with E-state index in [1.165, 1.54) is 13.2 Å². The molecule has 7 heteroatoms. The zero-order valence-corrected chi connectivity index (χ0v) is 14.8. The van der Waals surface area contributed by atoms with Gasteiger partial charge < -0.3 is 19.2 Å². The molecule has 1 atom stereocenters. The lowest BCUT2D eigenvalue weighted by atomic mass is 9.66. The fourth-order valence-corrected chi connectivity index (χ4v) is 2.76. The van der Waals surface area contributed by atoms with Crippen molar-refractivity contribution in [2.75, 3.05) is 7.11 Å². The molecule has 0 bridgehead atoms. The molecule has 0 amide bonds. The summed E-state index contributed by atoms with van der Waals surface area (Å²) >= 11 is 6.22. The first kappa shape index (κ1) is 18.1. The van der Waals surface area contributed by atoms with E-state index in [0.29, 0.717) is 5.56 Å². The first-order chi connectivity index (χ1) is 10.6. The maximum Gasteiger partial charge on any atom is 0.466 e. The molecule has 1 aliphatic rings. The van der Waals surface area contributed by atoms with Crippen LogP contribution in [0, 0.1) is 0 Å². The molecule has 1 aromatic rings. The molecule has 0 aromatic heterocycles. The molecule has 1 unspecified atom stereocenters. The van der Waals surface area contributed by atoms with Crippen LogP contribution in [0.25, 0.3) is 0 Å². The summed E-state index contributed by atoms with van der Waals surface area (Å²) < 4.78 is 16.9. The molecule has 23 heavy (non-hydrogen) atoms. The highest BCUT2D eigenvalue weighted by Gasteiger charge is 2.54. The van der Waals surface area contributed by atoms with Gasteiger partial charge in [-0.05, 0) is 39.3 Å². The van der Waals surface area contributed by atoms with Gasteiger partial charge in [0.05, 0.1) is 29.8 Å². The van der Waals surface area contributed by atoms with Crippen molar-refractivity contribution >= 4 is 24.7 Å². The van der Waals surface area contributed by atoms with Crippen LogP contribution in [-0.2, 0) is 18.8 Å². The second-order valence-corrected chi connectivity index (χ2v) is 7.07. The van der Waals surface area contributed by atoms with Crippen LogP contribution < -0.4 is 0 Å². The van der Waals surface area contributed by atoms with E-state index in [9.17, 15) is 9.90 Å². The van der Waals surface area contributed by atoms with E-state index in [1.54, 1.807) is 12.1 Å². The molecule has 1 aromatic carbocycles. The number of halogens is 1. The number of hydrogen-bond acceptors (Lipinski definition) is 5. The zero-order chi connectivity index (χ0) is 17.4. The van der Waals surface area contributed by atoms with Crippen LogP contribution in [0.15, 0.2) is 18.2 Å². The van der Waals surface area contributed by atoms with E-state index >= 15 is 0 Å². The second kappa shape index (κ2) is 6.34. The van der Waals surface area contributed by atoms with Crippen molar-refractivity contribution < 1.29 is 23.9 Å². The molecule has 2 rings (SSSR count). The third kappa shape index (κ3) is 3.49. The van der Waals surface area contributed by atoms with Gasteiger partial charge in [0.1, 0.15) is 5.75 Å². The number of ether oxygens (including phenoxy) is 1. The smallest absolute Gasteiger partial charge is 0.466 e. The van der Waals surface area contributed by atoms with E-state index < -0.39 is 30.1 Å². The number of esters is 1. The third-order valence-electron chi connectivity index (χ3n) is 4.62. The van der Waals surface area contributed by atoms with Crippen LogP contribution in [0.2, 0.25) is 5.02 Å². The highest BCUT2D eigenvalue weighted by atomic mass is 35.5. The van der Waals surface area contributed by atoms with Gasteiger partial charge in [0.2, 0.25) is 0 Å². The highest BCUT2D eigenvalue weighted by molar-refractivity contribution is 6.48. The van der Waals surface area contributed by atoms with E-state index in [2.05, 4.69) is 0 Å². The molecule has 0 radical (unpaired) electrons. The normalized spacial score (nSPS) is 20.3. The molecule has 5 nitrogen and oxygen atoms in total. The molecule has 1 N–H and O–H groups in total. The fraction of sp³-hybridized carbons (Fsp3) is 0.562. The van der Waals surface area contributed by atoms with Crippen LogP contribution in [0.3, 0.4) is 0 Å². The first-order valence-corrected chi connectivity index (χ1v) is 7.86. The van der Waals surface area contributed by atoms with E-state index in [-0.39, 0.29) is 17.2 Å². The van der Waals surface area contributed by atoms with Crippen LogP contribution in [-0.4, -0.2) is 36.5 Å². The Bertz CT molecular complexity index is 586. The minimum Gasteiger partial charge on any atom is -0.506 e. The average Bonchev–Trinajstić information content (AvgIpc) is 2.67. The maximum absolute atomic E-state index is 11.8. The van der Waals surface area contributed by atoms with E-state index in [4.69, 9.17) is 25.6 Å². The number of rotatable bonds is 4. The largest absolute Gasteiger partial charge is 0.506 e. The van der Waals surface area contributed by atoms with Crippen LogP contribution >= 0.6 is 11.6 Å². The molecule has 0 saturated carbocycles. The van der Waals surface area contributed by atoms with Crippen molar-refractivity contribution in [3.8, 4) is 5.75 Å². The van der Waals surface area contributed by atoms with Crippen LogP contribution in [0.1, 0.15) is 45.5 Å². The van der Waals surface area contributed by atoms with Gasteiger partial charge in [-0.1, -0.05) is 23.7 Å². The summed E-state index contributed by atoms with van der Waals surface area (Å²) in [5, 5.41) is 10.0. The van der Waals surface area contributed by atoms with Crippen molar-refractivity contribution in [2.45, 2.75) is 51.1 Å². The Kier molecular flexibility index (Phi) is 4.99. The van der Waals surface area contributed by atoms with Crippen LogP contribution in [0.4, 0.5) is 0 Å². The van der Waals surface area contributed by atoms with Gasteiger partial charge in [0.15, 0.2) is 0 Å². The van der Waals surface area contributed by atoms with Gasteiger partial charge in [-0.2, -0.15) is 0 Å². The lowest BCUT2D eigenvalue weighted by Crippen LogP contribution is -2.41. The van der Waals surface area contributed by atoms with Crippen LogP contribution in [0.5, 0.6) is 5.75 Å². The highest BCUT2D eigenvalue weighted by Crippen LogP contribution is 2.44. The Morgan fingerprint density at radius 1 is 1.30 bits per heavy atom. The fourth-order valence-electron chi connectivity index (χ4n) is 2.49. The van der Waals surface area contributed by atoms with Crippen molar-refractivity contribution in [1.29, 1.82) is 0 Å². The van der Waals surface area contributed by atoms with Gasteiger partial charge in [-0.25, -0.2) is 0 Å². The minimum atomic E-state index is -0.668. The summed E-state index contributed by atoms with van der Waals surface area (Å²) in [5.41, 5.74) is -0.472. The summed E-state index contributed by atoms with van der Waals surface area (Å²) in [4.78, 5) is 11.8. The van der Waals surface area contributed by atoms with Crippen molar-refractivity contribution in [3.63, 3.8) is 0 Å². The minimum absolute atomic E-state index is 0.0382. The molecular formula is C16H22BClO5. The molecule has 0 spiro atoms. The number of carbonyl (C=O) groups is 1. The standard InChI is InChI=1S/C16H22BClO5/c1-15(2)16(3,4)23-17(22-15)11(9-13(20)21-5)10-7-6-8-12(19)14(10)18/h6-8,11,19H,9H2,1-5H3. The summed E-state index contributed by atoms with van der Waals surface area (Å²) in [6.45, 7) is 7.75. The third-order valence-corrected chi connectivity index (χ3v) is 5.03. The zero-order valence-electron chi connectivity index (χ0n) is 14.1. The topological polar surface area (TPSA) is 65.0 Å². The summed E-state index contributed by atoms with van der Waals surface area (Å²) in [6.07, 6.45) is 0.0382. The molecule has 1 heterocycles. The number of hydrogen-bond donors (Lipinski definition) is 1. The predicted octanol–water partition coefficient (Wildman–Crippen LogP) is 3.32. The molecule has 0 aliphatic carbocycles. The first-order valence-electron chi connectivity index (χ1n) is 7.49. The molecule has 1 fully saturated rings. The Labute approximate surface area is 142 Å². The van der Waals surface area contributed by atoms with Crippen molar-refractivity contribution in [3.05, 3.63) is 28.8 Å². The lowest BCUT2D eigenvalue weighted by molar-refractivity contribution is -0.140. The summed E-state index contributed by atoms with van der Waals surface area (Å²) in [5.74, 6) is -0.928. The van der Waals surface area contributed by atoms with Gasteiger partial charge in [-0.15, -0.1) is 0 Å². The van der Waals surface area contributed by atoms with Gasteiger partial charge in [0.25, 0.3) is 0 Å². The lowest BCUT2D eigenvalue weighted by Gasteiger charge is -2.32. The summed E-state index contributed by atoms with van der Waals surface area (Å²) in [6, 6.07) is 4.91. The quantitative estimate of drug-likeness (QED) is 0.673. The molecule has 1 saturated heterocycles. The van der Waals surface area contributed by atoms with Gasteiger partial charge in [-0.3, -0.25) is 4.79 Å². The number of methoxy groups -OCH3 is 1. The number of phenols is 1. The van der Waals surface area contributed by atoms with Gasteiger partial charge >= 0.3 is 13.1 Å². The number of phenolic OH excluding ortho intramolecular Hbond substituents is 1. The molecule has 1 aliphatic heterocycles. The SMILES string of the molecule is COC(=O)CC(B1OC(C)(C)C(C)(C)O1)c1cccc(O)c1Cl. The Balaban J connectivity index is 2.40.